The zero-order valence-corrected chi connectivity index (χ0v) is 12.4. The fourth-order valence-electron chi connectivity index (χ4n) is 1.70. The molecule has 0 aliphatic heterocycles. The monoisotopic (exact) mass is 367 g/mol. The van der Waals surface area contributed by atoms with Crippen LogP contribution in [0.4, 0.5) is 5.69 Å². The first-order valence-corrected chi connectivity index (χ1v) is 7.05. The average molecular weight is 367 g/mol. The number of hydrogen-bond acceptors (Lipinski definition) is 2. The molecular formula is C15H14INO2. The van der Waals surface area contributed by atoms with E-state index in [1.165, 1.54) is 0 Å². The Morgan fingerprint density at radius 1 is 1.11 bits per heavy atom. The Hall–Kier alpha value is -1.56. The van der Waals surface area contributed by atoms with Crippen molar-refractivity contribution < 1.29 is 9.90 Å². The van der Waals surface area contributed by atoms with E-state index in [1.54, 1.807) is 12.1 Å². The topological polar surface area (TPSA) is 49.3 Å². The van der Waals surface area contributed by atoms with Crippen molar-refractivity contribution in [1.29, 1.82) is 0 Å². The fourth-order valence-corrected chi connectivity index (χ4v) is 2.22. The SMILES string of the molecule is O=C(CCc1ccc(O)cc1)Nc1ccccc1I. The number of nitrogens with one attached hydrogen (secondary N) is 1. The van der Waals surface area contributed by atoms with E-state index in [4.69, 9.17) is 0 Å². The van der Waals surface area contributed by atoms with E-state index in [-0.39, 0.29) is 11.7 Å². The number of para-hydroxylation sites is 1. The van der Waals surface area contributed by atoms with Gasteiger partial charge in [-0.15, -0.1) is 0 Å². The molecule has 0 saturated carbocycles. The van der Waals surface area contributed by atoms with Crippen LogP contribution in [0.15, 0.2) is 48.5 Å². The van der Waals surface area contributed by atoms with Gasteiger partial charge in [-0.2, -0.15) is 0 Å². The second kappa shape index (κ2) is 6.56. The van der Waals surface area contributed by atoms with Crippen molar-refractivity contribution in [3.05, 3.63) is 57.7 Å². The molecule has 98 valence electrons. The van der Waals surface area contributed by atoms with Gasteiger partial charge in [-0.05, 0) is 58.8 Å². The highest BCUT2D eigenvalue weighted by Gasteiger charge is 2.05. The van der Waals surface area contributed by atoms with Gasteiger partial charge in [0.2, 0.25) is 5.91 Å². The largest absolute Gasteiger partial charge is 0.508 e. The summed E-state index contributed by atoms with van der Waals surface area (Å²) in [4.78, 5) is 11.8. The minimum Gasteiger partial charge on any atom is -0.508 e. The Morgan fingerprint density at radius 2 is 1.79 bits per heavy atom. The molecule has 0 aliphatic carbocycles. The van der Waals surface area contributed by atoms with E-state index in [0.717, 1.165) is 14.8 Å². The lowest BCUT2D eigenvalue weighted by atomic mass is 10.1. The van der Waals surface area contributed by atoms with Crippen molar-refractivity contribution in [2.45, 2.75) is 12.8 Å². The third-order valence-electron chi connectivity index (χ3n) is 2.73. The van der Waals surface area contributed by atoms with Crippen LogP contribution < -0.4 is 5.32 Å². The van der Waals surface area contributed by atoms with Gasteiger partial charge in [-0.25, -0.2) is 0 Å². The van der Waals surface area contributed by atoms with Gasteiger partial charge in [0.15, 0.2) is 0 Å². The molecule has 0 heterocycles. The van der Waals surface area contributed by atoms with Gasteiger partial charge in [-0.3, -0.25) is 4.79 Å². The number of carbonyl (C=O) groups is 1. The lowest BCUT2D eigenvalue weighted by molar-refractivity contribution is -0.116. The van der Waals surface area contributed by atoms with Crippen LogP contribution in [0.5, 0.6) is 5.75 Å². The van der Waals surface area contributed by atoms with Gasteiger partial charge < -0.3 is 10.4 Å². The number of benzene rings is 2. The first kappa shape index (κ1) is 13.9. The van der Waals surface area contributed by atoms with Crippen LogP contribution in [0.25, 0.3) is 0 Å². The highest BCUT2D eigenvalue weighted by Crippen LogP contribution is 2.17. The summed E-state index contributed by atoms with van der Waals surface area (Å²) in [7, 11) is 0. The molecule has 0 aliphatic rings. The first-order chi connectivity index (χ1) is 9.15. The third kappa shape index (κ3) is 4.24. The van der Waals surface area contributed by atoms with Crippen molar-refractivity contribution in [2.24, 2.45) is 0 Å². The summed E-state index contributed by atoms with van der Waals surface area (Å²) in [6, 6.07) is 14.6. The van der Waals surface area contributed by atoms with E-state index in [9.17, 15) is 9.90 Å². The van der Waals surface area contributed by atoms with Crippen LogP contribution >= 0.6 is 22.6 Å². The van der Waals surface area contributed by atoms with Gasteiger partial charge in [0.25, 0.3) is 0 Å². The summed E-state index contributed by atoms with van der Waals surface area (Å²) < 4.78 is 1.03. The zero-order valence-electron chi connectivity index (χ0n) is 10.3. The lowest BCUT2D eigenvalue weighted by Gasteiger charge is -2.07. The van der Waals surface area contributed by atoms with Crippen molar-refractivity contribution in [3.63, 3.8) is 0 Å². The average Bonchev–Trinajstić information content (AvgIpc) is 2.41. The smallest absolute Gasteiger partial charge is 0.224 e. The standard InChI is InChI=1S/C15H14INO2/c16-13-3-1-2-4-14(13)17-15(19)10-7-11-5-8-12(18)9-6-11/h1-6,8-9,18H,7,10H2,(H,17,19). The number of hydrogen-bond donors (Lipinski definition) is 2. The number of phenolic OH excluding ortho intramolecular Hbond substituents is 1. The molecule has 2 aromatic rings. The quantitative estimate of drug-likeness (QED) is 0.812. The Balaban J connectivity index is 1.88. The van der Waals surface area contributed by atoms with E-state index < -0.39 is 0 Å². The van der Waals surface area contributed by atoms with Crippen molar-refractivity contribution in [3.8, 4) is 5.75 Å². The molecule has 0 spiro atoms. The summed E-state index contributed by atoms with van der Waals surface area (Å²) in [5.74, 6) is 0.240. The number of phenols is 1. The van der Waals surface area contributed by atoms with Crippen molar-refractivity contribution in [2.75, 3.05) is 5.32 Å². The molecule has 0 aromatic heterocycles. The fraction of sp³-hybridized carbons (Fsp3) is 0.133. The minimum atomic E-state index is -0.00260. The molecule has 0 atom stereocenters. The predicted molar refractivity (Wildman–Crippen MR) is 84.2 cm³/mol. The molecule has 3 nitrogen and oxygen atoms in total. The number of aromatic hydroxyl groups is 1. The number of aryl methyl sites for hydroxylation is 1. The van der Waals surface area contributed by atoms with Crippen LogP contribution in [0.3, 0.4) is 0 Å². The number of rotatable bonds is 4. The molecule has 4 heteroatoms. The molecule has 0 radical (unpaired) electrons. The molecule has 1 amide bonds. The molecule has 2 rings (SSSR count). The first-order valence-electron chi connectivity index (χ1n) is 5.97. The predicted octanol–water partition coefficient (Wildman–Crippen LogP) is 3.57. The summed E-state index contributed by atoms with van der Waals surface area (Å²) in [6.07, 6.45) is 1.09. The van der Waals surface area contributed by atoms with E-state index in [2.05, 4.69) is 27.9 Å². The molecule has 0 unspecified atom stereocenters. The van der Waals surface area contributed by atoms with Crippen LogP contribution in [0.1, 0.15) is 12.0 Å². The number of amides is 1. The van der Waals surface area contributed by atoms with E-state index >= 15 is 0 Å². The maximum absolute atomic E-state index is 11.8. The molecule has 19 heavy (non-hydrogen) atoms. The Morgan fingerprint density at radius 3 is 2.47 bits per heavy atom. The highest BCUT2D eigenvalue weighted by molar-refractivity contribution is 14.1. The van der Waals surface area contributed by atoms with Gasteiger partial charge in [0.1, 0.15) is 5.75 Å². The summed E-state index contributed by atoms with van der Waals surface area (Å²) >= 11 is 2.19. The zero-order chi connectivity index (χ0) is 13.7. The normalized spacial score (nSPS) is 10.2. The van der Waals surface area contributed by atoms with Crippen LogP contribution in [-0.2, 0) is 11.2 Å². The lowest BCUT2D eigenvalue weighted by Crippen LogP contribution is -2.13. The van der Waals surface area contributed by atoms with Crippen LogP contribution in [0.2, 0.25) is 0 Å². The summed E-state index contributed by atoms with van der Waals surface area (Å²) in [6.45, 7) is 0. The molecule has 0 bridgehead atoms. The summed E-state index contributed by atoms with van der Waals surface area (Å²) in [5.41, 5.74) is 1.88. The van der Waals surface area contributed by atoms with Crippen LogP contribution in [0, 0.1) is 3.57 Å². The Labute approximate surface area is 125 Å². The van der Waals surface area contributed by atoms with Crippen molar-refractivity contribution in [1.82, 2.24) is 0 Å². The number of halogens is 1. The van der Waals surface area contributed by atoms with Crippen molar-refractivity contribution >= 4 is 34.2 Å². The second-order valence-corrected chi connectivity index (χ2v) is 5.36. The van der Waals surface area contributed by atoms with Crippen LogP contribution in [-0.4, -0.2) is 11.0 Å². The van der Waals surface area contributed by atoms with E-state index in [1.807, 2.05) is 36.4 Å². The second-order valence-electron chi connectivity index (χ2n) is 4.19. The van der Waals surface area contributed by atoms with E-state index in [0.29, 0.717) is 12.8 Å². The van der Waals surface area contributed by atoms with Gasteiger partial charge >= 0.3 is 0 Å². The molecule has 0 saturated heterocycles. The Kier molecular flexibility index (Phi) is 4.79. The van der Waals surface area contributed by atoms with Gasteiger partial charge in [0.05, 0.1) is 5.69 Å². The molecule has 0 fully saturated rings. The maximum atomic E-state index is 11.8. The van der Waals surface area contributed by atoms with Gasteiger partial charge in [-0.1, -0.05) is 24.3 Å². The van der Waals surface area contributed by atoms with Gasteiger partial charge in [0, 0.05) is 9.99 Å². The third-order valence-corrected chi connectivity index (χ3v) is 3.67. The summed E-state index contributed by atoms with van der Waals surface area (Å²) in [5, 5.41) is 12.1. The molecular weight excluding hydrogens is 353 g/mol. The minimum absolute atomic E-state index is 0.00260. The highest BCUT2D eigenvalue weighted by atomic mass is 127. The Bertz CT molecular complexity index is 567. The molecule has 2 N–H and O–H groups in total. The number of anilines is 1. The number of carbonyl (C=O) groups excluding carboxylic acids is 1. The maximum Gasteiger partial charge on any atom is 0.224 e. The molecule has 2 aromatic carbocycles.